The van der Waals surface area contributed by atoms with Crippen LogP contribution in [0.15, 0.2) is 36.8 Å². The number of nitrogens with zero attached hydrogens (tertiary/aromatic N) is 3. The molecule has 0 saturated heterocycles. The predicted molar refractivity (Wildman–Crippen MR) is 77.5 cm³/mol. The molecule has 21 heavy (non-hydrogen) atoms. The number of hydrogen-bond donors (Lipinski definition) is 0. The molecule has 3 heterocycles. The van der Waals surface area contributed by atoms with Gasteiger partial charge in [-0.25, -0.2) is 13.8 Å². The molecule has 0 saturated carbocycles. The van der Waals surface area contributed by atoms with Crippen LogP contribution in [0.5, 0.6) is 0 Å². The zero-order chi connectivity index (χ0) is 15.0. The summed E-state index contributed by atoms with van der Waals surface area (Å²) in [5.74, 6) is 0. The lowest BCUT2D eigenvalue weighted by atomic mass is 10.1. The Kier molecular flexibility index (Phi) is 3.51. The van der Waals surface area contributed by atoms with Crippen LogP contribution < -0.4 is 0 Å². The van der Waals surface area contributed by atoms with Crippen molar-refractivity contribution >= 4 is 22.5 Å². The molecule has 0 aromatic carbocycles. The molecule has 0 aliphatic heterocycles. The van der Waals surface area contributed by atoms with Gasteiger partial charge in [-0.2, -0.15) is 0 Å². The van der Waals surface area contributed by atoms with Crippen molar-refractivity contribution in [1.29, 1.82) is 0 Å². The fourth-order valence-corrected chi connectivity index (χ4v) is 2.37. The van der Waals surface area contributed by atoms with Gasteiger partial charge < -0.3 is 0 Å². The van der Waals surface area contributed by atoms with Gasteiger partial charge in [-0.3, -0.25) is 9.97 Å². The molecule has 3 rings (SSSR count). The second-order valence-corrected chi connectivity index (χ2v) is 4.95. The minimum Gasteiger partial charge on any atom is -0.256 e. The molecular weight excluding hydrogens is 296 g/mol. The lowest BCUT2D eigenvalue weighted by Gasteiger charge is -2.09. The van der Waals surface area contributed by atoms with E-state index in [1.54, 1.807) is 31.5 Å². The average Bonchev–Trinajstić information content (AvgIpc) is 2.47. The molecule has 0 spiro atoms. The second kappa shape index (κ2) is 5.33. The van der Waals surface area contributed by atoms with Crippen LogP contribution in [-0.2, 0) is 0 Å². The second-order valence-electron chi connectivity index (χ2n) is 4.59. The summed E-state index contributed by atoms with van der Waals surface area (Å²) in [6.45, 7) is 1.63. The van der Waals surface area contributed by atoms with Crippen molar-refractivity contribution in [3.05, 3.63) is 53.1 Å². The molecule has 0 atom stereocenters. The van der Waals surface area contributed by atoms with E-state index < -0.39 is 6.43 Å². The summed E-state index contributed by atoms with van der Waals surface area (Å²) in [5.41, 5.74) is 2.27. The number of pyridine rings is 3. The summed E-state index contributed by atoms with van der Waals surface area (Å²) in [4.78, 5) is 12.5. The van der Waals surface area contributed by atoms with Gasteiger partial charge in [-0.1, -0.05) is 11.6 Å². The summed E-state index contributed by atoms with van der Waals surface area (Å²) >= 11 is 6.04. The number of rotatable bonds is 2. The number of aryl methyl sites for hydroxylation is 1. The van der Waals surface area contributed by atoms with Crippen LogP contribution in [-0.4, -0.2) is 15.0 Å². The van der Waals surface area contributed by atoms with Crippen LogP contribution in [0.2, 0.25) is 5.15 Å². The fourth-order valence-electron chi connectivity index (χ4n) is 2.17. The molecule has 106 valence electrons. The first kappa shape index (κ1) is 13.8. The lowest BCUT2D eigenvalue weighted by molar-refractivity contribution is 0.150. The fraction of sp³-hybridized carbons (Fsp3) is 0.133. The Labute approximate surface area is 124 Å². The zero-order valence-corrected chi connectivity index (χ0v) is 11.8. The third kappa shape index (κ3) is 2.45. The quantitative estimate of drug-likeness (QED) is 0.650. The van der Waals surface area contributed by atoms with Gasteiger partial charge >= 0.3 is 0 Å². The van der Waals surface area contributed by atoms with Crippen LogP contribution in [0.25, 0.3) is 22.2 Å². The highest BCUT2D eigenvalue weighted by Gasteiger charge is 2.14. The third-order valence-electron chi connectivity index (χ3n) is 3.25. The molecular formula is C15H10ClF2N3. The number of halogens is 3. The van der Waals surface area contributed by atoms with E-state index in [4.69, 9.17) is 11.6 Å². The monoisotopic (exact) mass is 305 g/mol. The maximum atomic E-state index is 12.8. The van der Waals surface area contributed by atoms with Gasteiger partial charge in [0.2, 0.25) is 0 Å². The molecule has 0 bridgehead atoms. The normalized spacial score (nSPS) is 11.3. The first-order valence-corrected chi connectivity index (χ1v) is 6.60. The van der Waals surface area contributed by atoms with Gasteiger partial charge in [-0.15, -0.1) is 0 Å². The smallest absolute Gasteiger partial charge is 0.256 e. The van der Waals surface area contributed by atoms with Crippen LogP contribution in [0, 0.1) is 6.92 Å². The van der Waals surface area contributed by atoms with E-state index in [0.29, 0.717) is 32.9 Å². The van der Waals surface area contributed by atoms with Crippen molar-refractivity contribution < 1.29 is 8.78 Å². The van der Waals surface area contributed by atoms with Gasteiger partial charge in [0.1, 0.15) is 5.15 Å². The summed E-state index contributed by atoms with van der Waals surface area (Å²) in [6.07, 6.45) is 1.85. The molecule has 0 unspecified atom stereocenters. The maximum Gasteiger partial charge on any atom is 0.265 e. The number of fused-ring (bicyclic) bond motifs is 1. The zero-order valence-electron chi connectivity index (χ0n) is 11.0. The number of hydrogen-bond acceptors (Lipinski definition) is 3. The third-order valence-corrected chi connectivity index (χ3v) is 3.56. The van der Waals surface area contributed by atoms with Gasteiger partial charge in [-0.05, 0) is 30.7 Å². The van der Waals surface area contributed by atoms with E-state index in [-0.39, 0.29) is 5.56 Å². The highest BCUT2D eigenvalue weighted by molar-refractivity contribution is 6.34. The first-order chi connectivity index (χ1) is 10.1. The molecule has 3 nitrogen and oxygen atoms in total. The maximum absolute atomic E-state index is 12.8. The molecule has 6 heteroatoms. The van der Waals surface area contributed by atoms with E-state index >= 15 is 0 Å². The Morgan fingerprint density at radius 1 is 1.14 bits per heavy atom. The highest BCUT2D eigenvalue weighted by Crippen LogP contribution is 2.31. The lowest BCUT2D eigenvalue weighted by Crippen LogP contribution is -1.95. The molecule has 0 fully saturated rings. The molecule has 0 radical (unpaired) electrons. The number of alkyl halides is 2. The standard InChI is InChI=1S/C15H10ClF2N3/c1-8-5-12(20-6-10(8)15(17)18)11-7-21-14(16)9-3-2-4-19-13(9)11/h2-7,15H,1H3. The predicted octanol–water partition coefficient (Wildman–Crippen LogP) is 4.59. The van der Waals surface area contributed by atoms with Crippen molar-refractivity contribution in [3.63, 3.8) is 0 Å². The molecule has 3 aromatic rings. The van der Waals surface area contributed by atoms with Crippen molar-refractivity contribution in [1.82, 2.24) is 15.0 Å². The van der Waals surface area contributed by atoms with Crippen LogP contribution in [0.3, 0.4) is 0 Å². The van der Waals surface area contributed by atoms with Gasteiger partial charge in [0.15, 0.2) is 0 Å². The van der Waals surface area contributed by atoms with Crippen LogP contribution in [0.1, 0.15) is 17.6 Å². The molecule has 0 aliphatic rings. The van der Waals surface area contributed by atoms with Crippen molar-refractivity contribution in [3.8, 4) is 11.3 Å². The Hall–Kier alpha value is -2.14. The van der Waals surface area contributed by atoms with Crippen LogP contribution >= 0.6 is 11.6 Å². The summed E-state index contributed by atoms with van der Waals surface area (Å²) in [7, 11) is 0. The molecule has 0 N–H and O–H groups in total. The Morgan fingerprint density at radius 2 is 1.95 bits per heavy atom. The Balaban J connectivity index is 2.22. The Bertz CT molecular complexity index is 821. The first-order valence-electron chi connectivity index (χ1n) is 6.22. The van der Waals surface area contributed by atoms with Crippen LogP contribution in [0.4, 0.5) is 8.78 Å². The van der Waals surface area contributed by atoms with E-state index in [1.165, 1.54) is 6.20 Å². The summed E-state index contributed by atoms with van der Waals surface area (Å²) in [6, 6.07) is 5.18. The molecule has 0 amide bonds. The topological polar surface area (TPSA) is 38.7 Å². The van der Waals surface area contributed by atoms with E-state index in [9.17, 15) is 8.78 Å². The SMILES string of the molecule is Cc1cc(-c2cnc(Cl)c3cccnc23)ncc1C(F)F. The molecule has 0 aliphatic carbocycles. The van der Waals surface area contributed by atoms with E-state index in [1.807, 2.05) is 6.07 Å². The van der Waals surface area contributed by atoms with E-state index in [0.717, 1.165) is 0 Å². The summed E-state index contributed by atoms with van der Waals surface area (Å²) in [5, 5.41) is 1.05. The van der Waals surface area contributed by atoms with Crippen molar-refractivity contribution in [2.75, 3.05) is 0 Å². The van der Waals surface area contributed by atoms with Gasteiger partial charge in [0.25, 0.3) is 6.43 Å². The molecule has 3 aromatic heterocycles. The van der Waals surface area contributed by atoms with Gasteiger partial charge in [0.05, 0.1) is 11.2 Å². The largest absolute Gasteiger partial charge is 0.265 e. The Morgan fingerprint density at radius 3 is 2.67 bits per heavy atom. The summed E-state index contributed by atoms with van der Waals surface area (Å²) < 4.78 is 25.6. The van der Waals surface area contributed by atoms with Crippen molar-refractivity contribution in [2.24, 2.45) is 0 Å². The van der Waals surface area contributed by atoms with E-state index in [2.05, 4.69) is 15.0 Å². The minimum absolute atomic E-state index is 0.0714. The van der Waals surface area contributed by atoms with Crippen molar-refractivity contribution in [2.45, 2.75) is 13.3 Å². The van der Waals surface area contributed by atoms with Gasteiger partial charge in [0, 0.05) is 35.1 Å². The highest BCUT2D eigenvalue weighted by atomic mass is 35.5. The number of aromatic nitrogens is 3. The average molecular weight is 306 g/mol. The minimum atomic E-state index is -2.54.